The van der Waals surface area contributed by atoms with Gasteiger partial charge in [-0.05, 0) is 35.0 Å². The van der Waals surface area contributed by atoms with E-state index in [2.05, 4.69) is 65.1 Å². The lowest BCUT2D eigenvalue weighted by Gasteiger charge is -2.08. The number of anilines is 1. The van der Waals surface area contributed by atoms with Crippen LogP contribution in [0.4, 0.5) is 5.69 Å². The Balaban J connectivity index is 1.66. The number of thiocarbonyl (C=S) groups is 1. The summed E-state index contributed by atoms with van der Waals surface area (Å²) in [4.78, 5) is 0. The zero-order chi connectivity index (χ0) is 16.8. The van der Waals surface area contributed by atoms with Gasteiger partial charge in [0.05, 0.1) is 18.4 Å². The van der Waals surface area contributed by atoms with Crippen LogP contribution in [0.1, 0.15) is 25.3 Å². The molecule has 0 saturated carbocycles. The van der Waals surface area contributed by atoms with Crippen LogP contribution in [0.5, 0.6) is 0 Å². The van der Waals surface area contributed by atoms with Crippen LogP contribution in [-0.2, 0) is 6.54 Å². The summed E-state index contributed by atoms with van der Waals surface area (Å²) in [5.74, 6) is 0. The lowest BCUT2D eigenvalue weighted by Crippen LogP contribution is -2.28. The topological polar surface area (TPSA) is 41.9 Å². The van der Waals surface area contributed by atoms with Crippen molar-refractivity contribution in [2.45, 2.75) is 26.3 Å². The van der Waals surface area contributed by atoms with E-state index in [1.807, 2.05) is 10.9 Å². The lowest BCUT2D eigenvalue weighted by atomic mass is 10.0. The van der Waals surface area contributed by atoms with Crippen molar-refractivity contribution >= 4 is 33.8 Å². The maximum atomic E-state index is 5.29. The molecule has 0 aliphatic carbocycles. The van der Waals surface area contributed by atoms with Gasteiger partial charge in [0.15, 0.2) is 5.11 Å². The number of nitrogens with one attached hydrogen (secondary N) is 2. The predicted molar refractivity (Wildman–Crippen MR) is 104 cm³/mol. The molecule has 1 heterocycles. The van der Waals surface area contributed by atoms with Crippen LogP contribution in [0.3, 0.4) is 0 Å². The van der Waals surface area contributed by atoms with E-state index in [1.165, 1.54) is 16.3 Å². The van der Waals surface area contributed by atoms with E-state index in [4.69, 9.17) is 12.2 Å². The third kappa shape index (κ3) is 4.11. The number of hydrogen-bond donors (Lipinski definition) is 2. The summed E-state index contributed by atoms with van der Waals surface area (Å²) in [5, 5.41) is 14.0. The van der Waals surface area contributed by atoms with Crippen LogP contribution < -0.4 is 10.6 Å². The maximum Gasteiger partial charge on any atom is 0.170 e. The smallest absolute Gasteiger partial charge is 0.170 e. The highest BCUT2D eigenvalue weighted by Crippen LogP contribution is 2.19. The molecule has 4 nitrogen and oxygen atoms in total. The van der Waals surface area contributed by atoms with Crippen molar-refractivity contribution in [1.29, 1.82) is 0 Å². The molecule has 1 aromatic heterocycles. The molecular weight excluding hydrogens is 316 g/mol. The Morgan fingerprint density at radius 1 is 1.17 bits per heavy atom. The van der Waals surface area contributed by atoms with Gasteiger partial charge in [-0.25, -0.2) is 0 Å². The Bertz CT molecular complexity index is 820. The average Bonchev–Trinajstić information content (AvgIpc) is 3.02. The molecule has 0 aliphatic heterocycles. The Labute approximate surface area is 147 Å². The van der Waals surface area contributed by atoms with Crippen molar-refractivity contribution in [3.05, 3.63) is 60.4 Å². The van der Waals surface area contributed by atoms with E-state index in [0.29, 0.717) is 5.11 Å². The Morgan fingerprint density at radius 3 is 2.88 bits per heavy atom. The maximum absolute atomic E-state index is 5.29. The molecule has 5 heteroatoms. The number of fused-ring (bicyclic) bond motifs is 1. The van der Waals surface area contributed by atoms with Gasteiger partial charge in [-0.3, -0.25) is 4.68 Å². The quantitative estimate of drug-likeness (QED) is 0.523. The van der Waals surface area contributed by atoms with Crippen LogP contribution in [-0.4, -0.2) is 21.4 Å². The molecule has 0 spiro atoms. The summed E-state index contributed by atoms with van der Waals surface area (Å²) in [7, 11) is 0. The van der Waals surface area contributed by atoms with Crippen molar-refractivity contribution in [2.24, 2.45) is 0 Å². The van der Waals surface area contributed by atoms with Gasteiger partial charge in [0.1, 0.15) is 0 Å². The van der Waals surface area contributed by atoms with Gasteiger partial charge in [-0.2, -0.15) is 5.10 Å². The van der Waals surface area contributed by atoms with Crippen LogP contribution in [0.2, 0.25) is 0 Å². The molecular formula is C19H22N4S. The molecule has 0 fully saturated rings. The second kappa shape index (κ2) is 7.93. The first-order chi connectivity index (χ1) is 11.8. The van der Waals surface area contributed by atoms with Crippen molar-refractivity contribution in [3.63, 3.8) is 0 Å². The first kappa shape index (κ1) is 16.5. The van der Waals surface area contributed by atoms with Crippen LogP contribution in [0, 0.1) is 0 Å². The standard InChI is InChI=1S/C19H22N4S/c1-2-3-11-20-19(24)22-17-12-21-23(14-17)13-16-9-6-8-15-7-4-5-10-18(15)16/h4-10,12,14H,2-3,11,13H2,1H3,(H2,20,22,24). The van der Waals surface area contributed by atoms with Crippen molar-refractivity contribution in [3.8, 4) is 0 Å². The van der Waals surface area contributed by atoms with Gasteiger partial charge in [0.2, 0.25) is 0 Å². The molecule has 0 radical (unpaired) electrons. The molecule has 3 rings (SSSR count). The number of nitrogens with zero attached hydrogens (tertiary/aromatic N) is 2. The summed E-state index contributed by atoms with van der Waals surface area (Å²) >= 11 is 5.29. The summed E-state index contributed by atoms with van der Waals surface area (Å²) in [6, 6.07) is 14.8. The molecule has 124 valence electrons. The van der Waals surface area contributed by atoms with Crippen LogP contribution >= 0.6 is 12.2 Å². The van der Waals surface area contributed by atoms with Crippen molar-refractivity contribution in [2.75, 3.05) is 11.9 Å². The third-order valence-corrected chi connectivity index (χ3v) is 4.17. The Kier molecular flexibility index (Phi) is 5.43. The normalized spacial score (nSPS) is 10.7. The van der Waals surface area contributed by atoms with E-state index < -0.39 is 0 Å². The van der Waals surface area contributed by atoms with Crippen LogP contribution in [0.15, 0.2) is 54.9 Å². The second-order valence-electron chi connectivity index (χ2n) is 5.80. The Morgan fingerprint density at radius 2 is 2.00 bits per heavy atom. The number of aromatic nitrogens is 2. The molecule has 2 aromatic carbocycles. The number of benzene rings is 2. The van der Waals surface area contributed by atoms with Gasteiger partial charge < -0.3 is 10.6 Å². The van der Waals surface area contributed by atoms with E-state index in [9.17, 15) is 0 Å². The summed E-state index contributed by atoms with van der Waals surface area (Å²) < 4.78 is 1.93. The monoisotopic (exact) mass is 338 g/mol. The molecule has 0 amide bonds. The fraction of sp³-hybridized carbons (Fsp3) is 0.263. The SMILES string of the molecule is CCCCNC(=S)Nc1cnn(Cc2cccc3ccccc23)c1. The Hall–Kier alpha value is -2.40. The molecule has 0 atom stereocenters. The van der Waals surface area contributed by atoms with E-state index >= 15 is 0 Å². The third-order valence-electron chi connectivity index (χ3n) is 3.92. The van der Waals surface area contributed by atoms with Gasteiger partial charge >= 0.3 is 0 Å². The second-order valence-corrected chi connectivity index (χ2v) is 6.21. The minimum absolute atomic E-state index is 0.646. The summed E-state index contributed by atoms with van der Waals surface area (Å²) in [6.45, 7) is 3.79. The fourth-order valence-corrected chi connectivity index (χ4v) is 2.89. The zero-order valence-electron chi connectivity index (χ0n) is 13.8. The van der Waals surface area contributed by atoms with E-state index in [0.717, 1.165) is 31.6 Å². The number of unbranched alkanes of at least 4 members (excludes halogenated alkanes) is 1. The highest BCUT2D eigenvalue weighted by atomic mass is 32.1. The number of rotatable bonds is 6. The first-order valence-corrected chi connectivity index (χ1v) is 8.71. The number of hydrogen-bond acceptors (Lipinski definition) is 2. The molecule has 24 heavy (non-hydrogen) atoms. The first-order valence-electron chi connectivity index (χ1n) is 8.30. The van der Waals surface area contributed by atoms with E-state index in [1.54, 1.807) is 6.20 Å². The summed E-state index contributed by atoms with van der Waals surface area (Å²) in [5.41, 5.74) is 2.16. The molecule has 3 aromatic rings. The molecule has 0 bridgehead atoms. The average molecular weight is 338 g/mol. The molecule has 0 unspecified atom stereocenters. The van der Waals surface area contributed by atoms with Gasteiger partial charge in [0, 0.05) is 12.7 Å². The van der Waals surface area contributed by atoms with Crippen LogP contribution in [0.25, 0.3) is 10.8 Å². The van der Waals surface area contributed by atoms with E-state index in [-0.39, 0.29) is 0 Å². The zero-order valence-corrected chi connectivity index (χ0v) is 14.6. The fourth-order valence-electron chi connectivity index (χ4n) is 2.67. The largest absolute Gasteiger partial charge is 0.362 e. The van der Waals surface area contributed by atoms with Gasteiger partial charge in [-0.1, -0.05) is 55.8 Å². The summed E-state index contributed by atoms with van der Waals surface area (Å²) in [6.07, 6.45) is 6.05. The highest BCUT2D eigenvalue weighted by molar-refractivity contribution is 7.80. The molecule has 2 N–H and O–H groups in total. The minimum atomic E-state index is 0.646. The van der Waals surface area contributed by atoms with Crippen molar-refractivity contribution in [1.82, 2.24) is 15.1 Å². The molecule has 0 aliphatic rings. The van der Waals surface area contributed by atoms with Crippen molar-refractivity contribution < 1.29 is 0 Å². The van der Waals surface area contributed by atoms with Gasteiger partial charge in [0.25, 0.3) is 0 Å². The lowest BCUT2D eigenvalue weighted by molar-refractivity contribution is 0.690. The van der Waals surface area contributed by atoms with Gasteiger partial charge in [-0.15, -0.1) is 0 Å². The molecule has 0 saturated heterocycles. The highest BCUT2D eigenvalue weighted by Gasteiger charge is 2.04. The minimum Gasteiger partial charge on any atom is -0.362 e. The predicted octanol–water partition coefficient (Wildman–Crippen LogP) is 4.17.